The molecule has 3 aromatic heterocycles. The highest BCUT2D eigenvalue weighted by molar-refractivity contribution is 5.97. The van der Waals surface area contributed by atoms with Gasteiger partial charge in [-0.15, -0.1) is 0 Å². The Bertz CT molecular complexity index is 2130. The summed E-state index contributed by atoms with van der Waals surface area (Å²) in [5.41, 5.74) is 14.7. The summed E-state index contributed by atoms with van der Waals surface area (Å²) in [5.74, 6) is -0.502. The summed E-state index contributed by atoms with van der Waals surface area (Å²) >= 11 is 0. The van der Waals surface area contributed by atoms with Crippen molar-refractivity contribution in [2.45, 2.75) is 53.4 Å². The van der Waals surface area contributed by atoms with E-state index in [0.29, 0.717) is 39.1 Å². The van der Waals surface area contributed by atoms with Crippen LogP contribution in [0.4, 0.5) is 0 Å². The van der Waals surface area contributed by atoms with Crippen LogP contribution >= 0.6 is 0 Å². The van der Waals surface area contributed by atoms with Crippen molar-refractivity contribution >= 4 is 68.4 Å². The number of carbonyl (C=O) groups is 2. The molecule has 0 atom stereocenters. The molecule has 5 heterocycles. The molecule has 52 heavy (non-hydrogen) atoms. The largest absolute Gasteiger partial charge is 0.464 e. The number of aromatic nitrogens is 4. The van der Waals surface area contributed by atoms with E-state index in [1.807, 2.05) is 76.1 Å². The first kappa shape index (κ1) is 38.2. The molecule has 0 aromatic carbocycles. The van der Waals surface area contributed by atoms with E-state index >= 15 is 0 Å². The summed E-state index contributed by atoms with van der Waals surface area (Å²) in [6.45, 7) is 18.5. The maximum absolute atomic E-state index is 12.8. The topological polar surface area (TPSA) is 116 Å². The number of likely N-dealkylation sites (N-methyl/N-ethyl adjacent to an activating group) is 2. The second-order valence-electron chi connectivity index (χ2n) is 14.0. The Morgan fingerprint density at radius 2 is 1.04 bits per heavy atom. The fourth-order valence-electron chi connectivity index (χ4n) is 6.59. The summed E-state index contributed by atoms with van der Waals surface area (Å²) in [6.07, 6.45) is 5.09. The zero-order valence-electron chi connectivity index (χ0n) is 32.0. The van der Waals surface area contributed by atoms with Gasteiger partial charge < -0.3 is 29.2 Å². The van der Waals surface area contributed by atoms with Gasteiger partial charge in [0.2, 0.25) is 0 Å². The van der Waals surface area contributed by atoms with E-state index in [1.54, 1.807) is 0 Å². The van der Waals surface area contributed by atoms with Gasteiger partial charge in [-0.1, -0.05) is 25.3 Å². The Kier molecular flexibility index (Phi) is 12.1. The van der Waals surface area contributed by atoms with Crippen LogP contribution in [0.5, 0.6) is 0 Å². The molecule has 274 valence electrons. The molecule has 0 unspecified atom stereocenters. The van der Waals surface area contributed by atoms with Crippen molar-refractivity contribution in [3.63, 3.8) is 0 Å². The van der Waals surface area contributed by atoms with Crippen LogP contribution in [0.3, 0.4) is 0 Å². The Labute approximate surface area is 307 Å². The van der Waals surface area contributed by atoms with Gasteiger partial charge in [-0.3, -0.25) is 9.59 Å². The van der Waals surface area contributed by atoms with Gasteiger partial charge in [0, 0.05) is 59.1 Å². The summed E-state index contributed by atoms with van der Waals surface area (Å²) in [4.78, 5) is 47.1. The summed E-state index contributed by atoms with van der Waals surface area (Å²) in [6, 6.07) is 8.21. The lowest BCUT2D eigenvalue weighted by Crippen LogP contribution is -2.20. The van der Waals surface area contributed by atoms with E-state index in [-0.39, 0.29) is 24.8 Å². The average molecular weight is 705 g/mol. The third kappa shape index (κ3) is 8.52. The number of allylic oxidation sites excluding steroid dienone is 4. The maximum Gasteiger partial charge on any atom is 0.306 e. The number of rotatable bonds is 14. The Balaban J connectivity index is 1.70. The zero-order chi connectivity index (χ0) is 37.7. The number of ether oxygens (including phenoxy) is 2. The highest BCUT2D eigenvalue weighted by atomic mass is 16.5. The predicted molar refractivity (Wildman–Crippen MR) is 213 cm³/mol. The van der Waals surface area contributed by atoms with E-state index in [1.165, 1.54) is 0 Å². The van der Waals surface area contributed by atoms with Crippen LogP contribution in [-0.4, -0.2) is 96.2 Å². The molecule has 0 aliphatic carbocycles. The first-order chi connectivity index (χ1) is 24.8. The second kappa shape index (κ2) is 16.5. The monoisotopic (exact) mass is 704 g/mol. The standard InChI is InChI=1S/C42H52N6O4/c1-11-29-25(3)33-21-34-27(5)31(13-15-41(49)51-19-17-47(7)8)39(45-34)24-40-32(14-16-42(50)52-20-18-48(9)10)28(6)36(46-40)23-38-30(12-2)26(4)35(44-38)22-37(29)43-33/h11-12,21-24,43-44H,1-2,13-20H2,3-10H3. The molecule has 8 bridgehead atoms. The van der Waals surface area contributed by atoms with Gasteiger partial charge in [0.15, 0.2) is 0 Å². The second-order valence-corrected chi connectivity index (χ2v) is 14.0. The van der Waals surface area contributed by atoms with Gasteiger partial charge in [-0.2, -0.15) is 0 Å². The van der Waals surface area contributed by atoms with Crippen molar-refractivity contribution in [2.24, 2.45) is 0 Å². The third-order valence-electron chi connectivity index (χ3n) is 9.80. The number of hydrogen-bond acceptors (Lipinski definition) is 8. The first-order valence-corrected chi connectivity index (χ1v) is 17.8. The van der Waals surface area contributed by atoms with Crippen LogP contribution in [0.2, 0.25) is 0 Å². The maximum atomic E-state index is 12.8. The molecule has 3 aromatic rings. The molecule has 0 saturated heterocycles. The number of nitrogens with zero attached hydrogens (tertiary/aromatic N) is 4. The quantitative estimate of drug-likeness (QED) is 0.163. The van der Waals surface area contributed by atoms with Crippen LogP contribution < -0.4 is 0 Å². The molecular weight excluding hydrogens is 652 g/mol. The molecule has 2 aliphatic heterocycles. The van der Waals surface area contributed by atoms with Gasteiger partial charge in [-0.05, 0) is 126 Å². The van der Waals surface area contributed by atoms with Crippen molar-refractivity contribution in [3.8, 4) is 0 Å². The Hall–Kier alpha value is -5.06. The number of aromatic amines is 2. The summed E-state index contributed by atoms with van der Waals surface area (Å²) in [7, 11) is 7.79. The van der Waals surface area contributed by atoms with Crippen molar-refractivity contribution in [3.05, 3.63) is 82.5 Å². The minimum Gasteiger partial charge on any atom is -0.464 e. The molecule has 0 fully saturated rings. The molecule has 0 saturated carbocycles. The lowest BCUT2D eigenvalue weighted by Gasteiger charge is -2.11. The van der Waals surface area contributed by atoms with Crippen LogP contribution in [0.25, 0.3) is 56.5 Å². The molecule has 2 N–H and O–H groups in total. The number of esters is 2. The summed E-state index contributed by atoms with van der Waals surface area (Å²) in [5, 5.41) is 0. The lowest BCUT2D eigenvalue weighted by atomic mass is 9.98. The van der Waals surface area contributed by atoms with Gasteiger partial charge in [0.25, 0.3) is 0 Å². The zero-order valence-corrected chi connectivity index (χ0v) is 32.0. The van der Waals surface area contributed by atoms with Gasteiger partial charge in [0.1, 0.15) is 13.2 Å². The number of carbonyl (C=O) groups excluding carboxylic acids is 2. The smallest absolute Gasteiger partial charge is 0.306 e. The minimum atomic E-state index is -0.251. The van der Waals surface area contributed by atoms with Crippen molar-refractivity contribution in [1.82, 2.24) is 29.7 Å². The van der Waals surface area contributed by atoms with Gasteiger partial charge in [-0.25, -0.2) is 9.97 Å². The molecule has 2 aliphatic rings. The number of nitrogens with one attached hydrogen (secondary N) is 2. The lowest BCUT2D eigenvalue weighted by molar-refractivity contribution is -0.144. The van der Waals surface area contributed by atoms with Crippen LogP contribution in [0.1, 0.15) is 84.6 Å². The highest BCUT2D eigenvalue weighted by Gasteiger charge is 2.23. The average Bonchev–Trinajstić information content (AvgIpc) is 3.75. The highest BCUT2D eigenvalue weighted by Crippen LogP contribution is 2.38. The Morgan fingerprint density at radius 3 is 1.46 bits per heavy atom. The predicted octanol–water partition coefficient (Wildman–Crippen LogP) is 7.85. The van der Waals surface area contributed by atoms with E-state index in [2.05, 4.69) is 49.1 Å². The van der Waals surface area contributed by atoms with Crippen molar-refractivity contribution in [2.75, 3.05) is 54.5 Å². The molecular formula is C42H52N6O4. The SMILES string of the molecule is C=Cc1c(C)c2cc3[nH]c(cc4nc(cc5nc(cc1[nH]2)C(C)=C5CCC(=O)OCCN(C)C)C(CCC(=O)OCCN(C)C)=C4C)c(C)c3C=C. The van der Waals surface area contributed by atoms with E-state index < -0.39 is 0 Å². The van der Waals surface area contributed by atoms with Crippen LogP contribution in [0.15, 0.2) is 37.4 Å². The number of fused-ring (bicyclic) bond motifs is 8. The Morgan fingerprint density at radius 1 is 0.635 bits per heavy atom. The van der Waals surface area contributed by atoms with Crippen molar-refractivity contribution < 1.29 is 19.1 Å². The normalized spacial score (nSPS) is 13.0. The van der Waals surface area contributed by atoms with E-state index in [0.717, 1.165) is 89.4 Å². The molecule has 10 nitrogen and oxygen atoms in total. The fraction of sp³-hybridized carbons (Fsp3) is 0.381. The molecule has 10 heteroatoms. The molecule has 5 rings (SSSR count). The number of hydrogen-bond donors (Lipinski definition) is 2. The molecule has 0 amide bonds. The number of H-pyrrole nitrogens is 2. The van der Waals surface area contributed by atoms with Gasteiger partial charge >= 0.3 is 11.9 Å². The number of aryl methyl sites for hydroxylation is 2. The third-order valence-corrected chi connectivity index (χ3v) is 9.80. The minimum absolute atomic E-state index is 0.219. The van der Waals surface area contributed by atoms with Crippen LogP contribution in [-0.2, 0) is 19.1 Å². The van der Waals surface area contributed by atoms with Crippen molar-refractivity contribution in [1.29, 1.82) is 0 Å². The fourth-order valence-corrected chi connectivity index (χ4v) is 6.59. The van der Waals surface area contributed by atoms with Crippen LogP contribution in [0, 0.1) is 13.8 Å². The molecule has 0 radical (unpaired) electrons. The summed E-state index contributed by atoms with van der Waals surface area (Å²) < 4.78 is 11.1. The van der Waals surface area contributed by atoms with E-state index in [9.17, 15) is 9.59 Å². The molecule has 0 spiro atoms. The first-order valence-electron chi connectivity index (χ1n) is 17.8. The van der Waals surface area contributed by atoms with Gasteiger partial charge in [0.05, 0.1) is 22.8 Å². The van der Waals surface area contributed by atoms with E-state index in [4.69, 9.17) is 19.4 Å².